The molecule has 0 bridgehead atoms. The Balaban J connectivity index is 3.23. The standard InChI is InChI=1S/C14H19IO9/c1-6(16)20-11-10(5-15)24-14(23-9(4)19)13(22-8(3)18)12(11)21-7(2)17/h10-14H,5H2,1-4H3/t10-,11+,12+,13-,14+/m1/s1. The summed E-state index contributed by atoms with van der Waals surface area (Å²) in [5.74, 6) is -2.67. The smallest absolute Gasteiger partial charge is 0.305 e. The Morgan fingerprint density at radius 3 is 1.58 bits per heavy atom. The molecule has 0 aromatic heterocycles. The lowest BCUT2D eigenvalue weighted by molar-refractivity contribution is -0.291. The van der Waals surface area contributed by atoms with Crippen LogP contribution in [0.1, 0.15) is 27.7 Å². The van der Waals surface area contributed by atoms with Crippen LogP contribution in [0.4, 0.5) is 0 Å². The first-order valence-corrected chi connectivity index (χ1v) is 8.58. The normalized spacial score (nSPS) is 29.3. The van der Waals surface area contributed by atoms with Gasteiger partial charge in [-0.05, 0) is 0 Å². The Labute approximate surface area is 152 Å². The molecule has 0 amide bonds. The number of carbonyl (C=O) groups excluding carboxylic acids is 4. The largest absolute Gasteiger partial charge is 0.456 e. The minimum absolute atomic E-state index is 0.345. The molecule has 0 aromatic carbocycles. The summed E-state index contributed by atoms with van der Waals surface area (Å²) in [6, 6.07) is 0. The minimum atomic E-state index is -1.29. The SMILES string of the molecule is CC(=O)O[C@H]1O[C@H](CI)[C@H](OC(C)=O)[C@H](OC(C)=O)[C@H]1OC(C)=O. The van der Waals surface area contributed by atoms with Gasteiger partial charge in [0, 0.05) is 32.1 Å². The average Bonchev–Trinajstić information content (AvgIpc) is 2.42. The van der Waals surface area contributed by atoms with Crippen LogP contribution in [0.5, 0.6) is 0 Å². The van der Waals surface area contributed by atoms with Crippen LogP contribution in [-0.4, -0.2) is 59.0 Å². The van der Waals surface area contributed by atoms with Gasteiger partial charge in [0.1, 0.15) is 6.10 Å². The fourth-order valence-corrected chi connectivity index (χ4v) is 2.95. The third-order valence-corrected chi connectivity index (χ3v) is 3.80. The van der Waals surface area contributed by atoms with E-state index in [0.29, 0.717) is 4.43 Å². The second-order valence-corrected chi connectivity index (χ2v) is 5.91. The first kappa shape index (κ1) is 20.6. The molecule has 0 saturated carbocycles. The Hall–Kier alpha value is -1.43. The molecule has 1 heterocycles. The summed E-state index contributed by atoms with van der Waals surface area (Å²) in [5, 5.41) is 0. The summed E-state index contributed by atoms with van der Waals surface area (Å²) in [6.07, 6.45) is -5.47. The number of hydrogen-bond acceptors (Lipinski definition) is 9. The van der Waals surface area contributed by atoms with Gasteiger partial charge in [0.15, 0.2) is 12.2 Å². The zero-order valence-electron chi connectivity index (χ0n) is 13.6. The molecule has 1 fully saturated rings. The van der Waals surface area contributed by atoms with Gasteiger partial charge in [0.05, 0.1) is 0 Å². The van der Waals surface area contributed by atoms with Crippen LogP contribution >= 0.6 is 22.6 Å². The highest BCUT2D eigenvalue weighted by Crippen LogP contribution is 2.30. The van der Waals surface area contributed by atoms with Crippen molar-refractivity contribution < 1.29 is 42.9 Å². The van der Waals surface area contributed by atoms with Crippen LogP contribution in [0.3, 0.4) is 0 Å². The highest BCUT2D eigenvalue weighted by atomic mass is 127. The Kier molecular flexibility index (Phi) is 7.87. The van der Waals surface area contributed by atoms with Gasteiger partial charge in [-0.2, -0.15) is 0 Å². The van der Waals surface area contributed by atoms with Gasteiger partial charge < -0.3 is 23.7 Å². The van der Waals surface area contributed by atoms with E-state index in [1.165, 1.54) is 6.92 Å². The molecule has 1 rings (SSSR count). The van der Waals surface area contributed by atoms with Crippen LogP contribution in [0.2, 0.25) is 0 Å². The van der Waals surface area contributed by atoms with Gasteiger partial charge in [-0.1, -0.05) is 22.6 Å². The van der Waals surface area contributed by atoms with Crippen molar-refractivity contribution in [1.29, 1.82) is 0 Å². The highest BCUT2D eigenvalue weighted by molar-refractivity contribution is 14.1. The van der Waals surface area contributed by atoms with Crippen molar-refractivity contribution in [3.63, 3.8) is 0 Å². The van der Waals surface area contributed by atoms with Crippen molar-refractivity contribution in [3.05, 3.63) is 0 Å². The quantitative estimate of drug-likeness (QED) is 0.252. The van der Waals surface area contributed by atoms with Crippen LogP contribution in [0.15, 0.2) is 0 Å². The topological polar surface area (TPSA) is 114 Å². The van der Waals surface area contributed by atoms with Gasteiger partial charge in [-0.15, -0.1) is 0 Å². The van der Waals surface area contributed by atoms with Crippen LogP contribution in [0, 0.1) is 0 Å². The zero-order chi connectivity index (χ0) is 18.4. The molecule has 1 aliphatic rings. The molecule has 0 unspecified atom stereocenters. The van der Waals surface area contributed by atoms with Crippen molar-refractivity contribution in [2.45, 2.75) is 58.4 Å². The van der Waals surface area contributed by atoms with Gasteiger partial charge in [-0.25, -0.2) is 0 Å². The van der Waals surface area contributed by atoms with E-state index in [-0.39, 0.29) is 0 Å². The lowest BCUT2D eigenvalue weighted by Gasteiger charge is -2.43. The molecule has 136 valence electrons. The minimum Gasteiger partial charge on any atom is -0.456 e. The van der Waals surface area contributed by atoms with E-state index in [9.17, 15) is 19.2 Å². The number of ether oxygens (including phenoxy) is 5. The molecule has 24 heavy (non-hydrogen) atoms. The number of alkyl halides is 1. The highest BCUT2D eigenvalue weighted by Gasteiger charge is 2.52. The van der Waals surface area contributed by atoms with Crippen LogP contribution < -0.4 is 0 Å². The molecular weight excluding hydrogens is 439 g/mol. The average molecular weight is 458 g/mol. The summed E-state index contributed by atoms with van der Waals surface area (Å²) in [4.78, 5) is 45.5. The maximum Gasteiger partial charge on any atom is 0.305 e. The fraction of sp³-hybridized carbons (Fsp3) is 0.714. The monoisotopic (exact) mass is 458 g/mol. The Morgan fingerprint density at radius 2 is 1.17 bits per heavy atom. The summed E-state index contributed by atoms with van der Waals surface area (Å²) < 4.78 is 26.5. The van der Waals surface area contributed by atoms with Crippen molar-refractivity contribution in [2.24, 2.45) is 0 Å². The number of rotatable bonds is 5. The maximum absolute atomic E-state index is 11.4. The molecular formula is C14H19IO9. The van der Waals surface area contributed by atoms with E-state index in [1.54, 1.807) is 0 Å². The molecule has 1 aliphatic heterocycles. The lowest BCUT2D eigenvalue weighted by Crippen LogP contribution is -2.62. The van der Waals surface area contributed by atoms with E-state index in [1.807, 2.05) is 22.6 Å². The summed E-state index contributed by atoms with van der Waals surface area (Å²) >= 11 is 1.98. The van der Waals surface area contributed by atoms with E-state index in [4.69, 9.17) is 23.7 Å². The molecule has 0 aromatic rings. The number of halogens is 1. The fourth-order valence-electron chi connectivity index (χ4n) is 2.24. The van der Waals surface area contributed by atoms with Gasteiger partial charge in [-0.3, -0.25) is 19.2 Å². The summed E-state index contributed by atoms with van der Waals surface area (Å²) in [5.41, 5.74) is 0. The van der Waals surface area contributed by atoms with Gasteiger partial charge in [0.2, 0.25) is 12.4 Å². The third kappa shape index (κ3) is 5.89. The number of hydrogen-bond donors (Lipinski definition) is 0. The molecule has 1 saturated heterocycles. The van der Waals surface area contributed by atoms with Gasteiger partial charge in [0.25, 0.3) is 0 Å². The number of carbonyl (C=O) groups is 4. The number of esters is 4. The second-order valence-electron chi connectivity index (χ2n) is 5.03. The third-order valence-electron chi connectivity index (χ3n) is 2.93. The molecule has 5 atom stereocenters. The van der Waals surface area contributed by atoms with Crippen LogP contribution in [-0.2, 0) is 42.9 Å². The Bertz CT molecular complexity index is 506. The molecule has 9 nitrogen and oxygen atoms in total. The van der Waals surface area contributed by atoms with Crippen LogP contribution in [0.25, 0.3) is 0 Å². The van der Waals surface area contributed by atoms with Crippen molar-refractivity contribution in [2.75, 3.05) is 4.43 Å². The molecule has 0 radical (unpaired) electrons. The van der Waals surface area contributed by atoms with Crippen molar-refractivity contribution in [1.82, 2.24) is 0 Å². The summed E-state index contributed by atoms with van der Waals surface area (Å²) in [6.45, 7) is 4.65. The molecule has 0 N–H and O–H groups in total. The van der Waals surface area contributed by atoms with E-state index < -0.39 is 54.6 Å². The van der Waals surface area contributed by atoms with Gasteiger partial charge >= 0.3 is 23.9 Å². The van der Waals surface area contributed by atoms with Crippen molar-refractivity contribution in [3.8, 4) is 0 Å². The molecule has 10 heteroatoms. The predicted octanol–water partition coefficient (Wildman–Crippen LogP) is 0.504. The zero-order valence-corrected chi connectivity index (χ0v) is 15.8. The van der Waals surface area contributed by atoms with E-state index in [2.05, 4.69) is 0 Å². The molecule has 0 aliphatic carbocycles. The second kappa shape index (κ2) is 9.16. The summed E-state index contributed by atoms with van der Waals surface area (Å²) in [7, 11) is 0. The first-order valence-electron chi connectivity index (χ1n) is 7.06. The predicted molar refractivity (Wildman–Crippen MR) is 86.0 cm³/mol. The maximum atomic E-state index is 11.4. The lowest BCUT2D eigenvalue weighted by atomic mass is 9.99. The van der Waals surface area contributed by atoms with E-state index in [0.717, 1.165) is 20.8 Å². The molecule has 0 spiro atoms. The van der Waals surface area contributed by atoms with Crippen molar-refractivity contribution >= 4 is 46.5 Å². The first-order chi connectivity index (χ1) is 11.1. The Morgan fingerprint density at radius 1 is 0.750 bits per heavy atom. The van der Waals surface area contributed by atoms with E-state index >= 15 is 0 Å².